The molecule has 0 bridgehead atoms. The van der Waals surface area contributed by atoms with Crippen LogP contribution in [-0.2, 0) is 4.74 Å². The van der Waals surface area contributed by atoms with Gasteiger partial charge in [-0.3, -0.25) is 0 Å². The van der Waals surface area contributed by atoms with Crippen LogP contribution >= 0.6 is 0 Å². The van der Waals surface area contributed by atoms with Crippen LogP contribution in [0.3, 0.4) is 0 Å². The highest BCUT2D eigenvalue weighted by Crippen LogP contribution is 2.32. The number of rotatable bonds is 7. The van der Waals surface area contributed by atoms with Gasteiger partial charge in [-0.25, -0.2) is 0 Å². The van der Waals surface area contributed by atoms with E-state index in [1.165, 1.54) is 32.5 Å². The molecule has 0 aromatic heterocycles. The topological polar surface area (TPSA) is 24.5 Å². The normalized spacial score (nSPS) is 22.1. The van der Waals surface area contributed by atoms with Crippen molar-refractivity contribution in [2.45, 2.75) is 33.1 Å². The van der Waals surface area contributed by atoms with Crippen LogP contribution < -0.4 is 5.32 Å². The maximum Gasteiger partial charge on any atom is 0.0474 e. The largest absolute Gasteiger partial charge is 0.385 e. The van der Waals surface area contributed by atoms with Crippen molar-refractivity contribution in [1.29, 1.82) is 0 Å². The molecule has 17 heavy (non-hydrogen) atoms. The summed E-state index contributed by atoms with van der Waals surface area (Å²) in [5.74, 6) is 0.820. The lowest BCUT2D eigenvalue weighted by atomic mass is 9.74. The average molecular weight is 242 g/mol. The molecule has 0 saturated carbocycles. The van der Waals surface area contributed by atoms with Gasteiger partial charge in [-0.1, -0.05) is 13.8 Å². The summed E-state index contributed by atoms with van der Waals surface area (Å²) >= 11 is 0. The van der Waals surface area contributed by atoms with Crippen molar-refractivity contribution in [1.82, 2.24) is 10.2 Å². The summed E-state index contributed by atoms with van der Waals surface area (Å²) in [7, 11) is 4.01. The first kappa shape index (κ1) is 14.9. The molecule has 1 saturated heterocycles. The Kier molecular flexibility index (Phi) is 6.45. The molecular weight excluding hydrogens is 212 g/mol. The third kappa shape index (κ3) is 5.36. The molecule has 0 aromatic carbocycles. The monoisotopic (exact) mass is 242 g/mol. The van der Waals surface area contributed by atoms with E-state index in [0.717, 1.165) is 25.5 Å². The van der Waals surface area contributed by atoms with E-state index in [9.17, 15) is 0 Å². The van der Waals surface area contributed by atoms with Gasteiger partial charge >= 0.3 is 0 Å². The molecule has 1 atom stereocenters. The second kappa shape index (κ2) is 7.34. The SMILES string of the molecule is COCCCN(C)CC(C)(C)C1CCCNC1. The lowest BCUT2D eigenvalue weighted by molar-refractivity contribution is 0.106. The van der Waals surface area contributed by atoms with Gasteiger partial charge in [0, 0.05) is 26.8 Å². The maximum atomic E-state index is 5.10. The highest BCUT2D eigenvalue weighted by Gasteiger charge is 2.31. The smallest absolute Gasteiger partial charge is 0.0474 e. The molecule has 0 amide bonds. The summed E-state index contributed by atoms with van der Waals surface area (Å²) in [6.45, 7) is 10.4. The Bertz CT molecular complexity index is 200. The van der Waals surface area contributed by atoms with E-state index >= 15 is 0 Å². The number of piperidine rings is 1. The van der Waals surface area contributed by atoms with E-state index in [4.69, 9.17) is 4.74 Å². The molecule has 0 radical (unpaired) electrons. The first-order valence-electron chi connectivity index (χ1n) is 6.94. The lowest BCUT2D eigenvalue weighted by Crippen LogP contribution is -2.44. The van der Waals surface area contributed by atoms with Crippen LogP contribution in [0.1, 0.15) is 33.1 Å². The Morgan fingerprint density at radius 3 is 2.76 bits per heavy atom. The van der Waals surface area contributed by atoms with Gasteiger partial charge in [-0.05, 0) is 50.7 Å². The van der Waals surface area contributed by atoms with Gasteiger partial charge in [0.1, 0.15) is 0 Å². The van der Waals surface area contributed by atoms with Gasteiger partial charge in [-0.15, -0.1) is 0 Å². The summed E-state index contributed by atoms with van der Waals surface area (Å²) in [6.07, 6.45) is 3.85. The Hall–Kier alpha value is -0.120. The highest BCUT2D eigenvalue weighted by atomic mass is 16.5. The van der Waals surface area contributed by atoms with Crippen molar-refractivity contribution in [3.63, 3.8) is 0 Å². The third-order valence-corrected chi connectivity index (χ3v) is 3.97. The first-order chi connectivity index (χ1) is 8.06. The first-order valence-corrected chi connectivity index (χ1v) is 6.94. The number of nitrogens with one attached hydrogen (secondary N) is 1. The fourth-order valence-electron chi connectivity index (χ4n) is 2.90. The highest BCUT2D eigenvalue weighted by molar-refractivity contribution is 4.84. The van der Waals surface area contributed by atoms with Crippen molar-refractivity contribution in [3.05, 3.63) is 0 Å². The molecule has 3 heteroatoms. The summed E-state index contributed by atoms with van der Waals surface area (Å²) in [5.41, 5.74) is 0.412. The van der Waals surface area contributed by atoms with Crippen LogP contribution in [0.2, 0.25) is 0 Å². The molecule has 3 nitrogen and oxygen atoms in total. The van der Waals surface area contributed by atoms with Crippen LogP contribution in [0.5, 0.6) is 0 Å². The summed E-state index contributed by atoms with van der Waals surface area (Å²) < 4.78 is 5.10. The minimum absolute atomic E-state index is 0.412. The van der Waals surface area contributed by atoms with Crippen LogP contribution in [0.25, 0.3) is 0 Å². The summed E-state index contributed by atoms with van der Waals surface area (Å²) in [4.78, 5) is 2.45. The molecule has 102 valence electrons. The summed E-state index contributed by atoms with van der Waals surface area (Å²) in [6, 6.07) is 0. The molecular formula is C14H30N2O. The van der Waals surface area contributed by atoms with E-state index in [1.54, 1.807) is 7.11 Å². The fourth-order valence-corrected chi connectivity index (χ4v) is 2.90. The molecule has 1 aliphatic heterocycles. The minimum Gasteiger partial charge on any atom is -0.385 e. The predicted molar refractivity (Wildman–Crippen MR) is 73.4 cm³/mol. The van der Waals surface area contributed by atoms with Gasteiger partial charge in [0.25, 0.3) is 0 Å². The van der Waals surface area contributed by atoms with Gasteiger partial charge in [0.15, 0.2) is 0 Å². The zero-order valence-corrected chi connectivity index (χ0v) is 12.1. The van der Waals surface area contributed by atoms with Gasteiger partial charge in [-0.2, -0.15) is 0 Å². The Balaban J connectivity index is 2.30. The predicted octanol–water partition coefficient (Wildman–Crippen LogP) is 1.98. The Labute approximate surface area is 107 Å². The van der Waals surface area contributed by atoms with E-state index in [1.807, 2.05) is 0 Å². The number of ether oxygens (including phenoxy) is 1. The number of hydrogen-bond donors (Lipinski definition) is 1. The number of hydrogen-bond acceptors (Lipinski definition) is 3. The van der Waals surface area contributed by atoms with E-state index < -0.39 is 0 Å². The van der Waals surface area contributed by atoms with Crippen LogP contribution in [0.15, 0.2) is 0 Å². The zero-order valence-electron chi connectivity index (χ0n) is 12.1. The van der Waals surface area contributed by atoms with Crippen molar-refractivity contribution in [2.24, 2.45) is 11.3 Å². The van der Waals surface area contributed by atoms with Gasteiger partial charge < -0.3 is 15.0 Å². The zero-order chi connectivity index (χ0) is 12.7. The lowest BCUT2D eigenvalue weighted by Gasteiger charge is -2.40. The fraction of sp³-hybridized carbons (Fsp3) is 1.00. The van der Waals surface area contributed by atoms with Crippen molar-refractivity contribution in [2.75, 3.05) is 46.9 Å². The molecule has 1 fully saturated rings. The maximum absolute atomic E-state index is 5.10. The van der Waals surface area contributed by atoms with Gasteiger partial charge in [0.05, 0.1) is 0 Å². The minimum atomic E-state index is 0.412. The number of nitrogens with zero attached hydrogens (tertiary/aromatic N) is 1. The van der Waals surface area contributed by atoms with E-state index in [0.29, 0.717) is 5.41 Å². The van der Waals surface area contributed by atoms with E-state index in [-0.39, 0.29) is 0 Å². The molecule has 0 aliphatic carbocycles. The molecule has 0 aromatic rings. The molecule has 1 heterocycles. The van der Waals surface area contributed by atoms with Crippen molar-refractivity contribution < 1.29 is 4.74 Å². The Morgan fingerprint density at radius 1 is 1.41 bits per heavy atom. The van der Waals surface area contributed by atoms with E-state index in [2.05, 4.69) is 31.1 Å². The quantitative estimate of drug-likeness (QED) is 0.691. The second-order valence-corrected chi connectivity index (χ2v) is 6.12. The van der Waals surface area contributed by atoms with Crippen LogP contribution in [0.4, 0.5) is 0 Å². The summed E-state index contributed by atoms with van der Waals surface area (Å²) in [5, 5.41) is 3.53. The second-order valence-electron chi connectivity index (χ2n) is 6.12. The standard InChI is InChI=1S/C14H30N2O/c1-14(2,13-7-5-8-15-11-13)12-16(3)9-6-10-17-4/h13,15H,5-12H2,1-4H3. The Morgan fingerprint density at radius 2 is 2.18 bits per heavy atom. The van der Waals surface area contributed by atoms with Crippen molar-refractivity contribution in [3.8, 4) is 0 Å². The van der Waals surface area contributed by atoms with Crippen LogP contribution in [-0.4, -0.2) is 51.8 Å². The van der Waals surface area contributed by atoms with Gasteiger partial charge in [0.2, 0.25) is 0 Å². The third-order valence-electron chi connectivity index (χ3n) is 3.97. The molecule has 1 unspecified atom stereocenters. The molecule has 1 rings (SSSR count). The molecule has 1 aliphatic rings. The number of methoxy groups -OCH3 is 1. The molecule has 0 spiro atoms. The average Bonchev–Trinajstić information content (AvgIpc) is 2.30. The van der Waals surface area contributed by atoms with Crippen molar-refractivity contribution >= 4 is 0 Å². The molecule has 1 N–H and O–H groups in total. The van der Waals surface area contributed by atoms with Crippen LogP contribution in [0, 0.1) is 11.3 Å².